The molecule has 0 aromatic carbocycles. The Morgan fingerprint density at radius 3 is 2.73 bits per heavy atom. The van der Waals surface area contributed by atoms with Crippen molar-refractivity contribution >= 4 is 50.2 Å². The Kier molecular flexibility index (Phi) is 3.52. The van der Waals surface area contributed by atoms with Crippen LogP contribution < -0.4 is 5.73 Å². The molecule has 0 fully saturated rings. The highest BCUT2D eigenvalue weighted by Gasteiger charge is 2.16. The molecular formula is C10H9BrClNS2. The molecule has 0 spiro atoms. The van der Waals surface area contributed by atoms with Gasteiger partial charge in [0.05, 0.1) is 6.04 Å². The SMILES string of the molecule is Cc1ccsc1C(N)c1cc(Br)c(Cl)s1. The molecule has 5 heteroatoms. The van der Waals surface area contributed by atoms with Crippen LogP contribution in [0.5, 0.6) is 0 Å². The third-order valence-corrected chi connectivity index (χ3v) is 5.81. The molecule has 2 aromatic rings. The van der Waals surface area contributed by atoms with Gasteiger partial charge in [0.1, 0.15) is 4.34 Å². The summed E-state index contributed by atoms with van der Waals surface area (Å²) in [6, 6.07) is 4.03. The van der Waals surface area contributed by atoms with Crippen LogP contribution in [0.1, 0.15) is 21.4 Å². The molecule has 0 aliphatic carbocycles. The minimum absolute atomic E-state index is 0.0567. The first-order chi connectivity index (χ1) is 7.09. The maximum absolute atomic E-state index is 6.19. The van der Waals surface area contributed by atoms with Gasteiger partial charge in [0.2, 0.25) is 0 Å². The van der Waals surface area contributed by atoms with E-state index >= 15 is 0 Å². The zero-order valence-electron chi connectivity index (χ0n) is 7.96. The number of thiophene rings is 2. The number of halogens is 2. The van der Waals surface area contributed by atoms with Crippen LogP contribution in [0.3, 0.4) is 0 Å². The molecule has 1 atom stereocenters. The van der Waals surface area contributed by atoms with Crippen molar-refractivity contribution in [1.29, 1.82) is 0 Å². The topological polar surface area (TPSA) is 26.0 Å². The predicted molar refractivity (Wildman–Crippen MR) is 72.1 cm³/mol. The Hall–Kier alpha value is 0.130. The van der Waals surface area contributed by atoms with Gasteiger partial charge >= 0.3 is 0 Å². The number of nitrogens with two attached hydrogens (primary N) is 1. The van der Waals surface area contributed by atoms with Crippen LogP contribution in [0.25, 0.3) is 0 Å². The summed E-state index contributed by atoms with van der Waals surface area (Å²) in [5.41, 5.74) is 7.43. The molecule has 1 nitrogen and oxygen atoms in total. The van der Waals surface area contributed by atoms with Gasteiger partial charge < -0.3 is 5.73 Å². The Bertz CT molecular complexity index is 458. The van der Waals surface area contributed by atoms with E-state index < -0.39 is 0 Å². The maximum atomic E-state index is 6.19. The number of hydrogen-bond acceptors (Lipinski definition) is 3. The predicted octanol–water partition coefficient (Wildman–Crippen LogP) is 4.58. The van der Waals surface area contributed by atoms with Gasteiger partial charge in [0.25, 0.3) is 0 Å². The van der Waals surface area contributed by atoms with E-state index in [1.54, 1.807) is 11.3 Å². The molecule has 0 aliphatic heterocycles. The Balaban J connectivity index is 2.36. The summed E-state index contributed by atoms with van der Waals surface area (Å²) >= 11 is 12.6. The zero-order chi connectivity index (χ0) is 11.0. The van der Waals surface area contributed by atoms with Crippen molar-refractivity contribution in [2.24, 2.45) is 5.73 Å². The van der Waals surface area contributed by atoms with Gasteiger partial charge in [-0.15, -0.1) is 22.7 Å². The van der Waals surface area contributed by atoms with E-state index in [0.717, 1.165) is 13.7 Å². The molecule has 0 saturated carbocycles. The van der Waals surface area contributed by atoms with Crippen molar-refractivity contribution in [1.82, 2.24) is 0 Å². The Morgan fingerprint density at radius 2 is 2.27 bits per heavy atom. The monoisotopic (exact) mass is 321 g/mol. The normalized spacial score (nSPS) is 13.1. The smallest absolute Gasteiger partial charge is 0.107 e. The molecular weight excluding hydrogens is 314 g/mol. The minimum atomic E-state index is -0.0567. The first kappa shape index (κ1) is 11.6. The lowest BCUT2D eigenvalue weighted by atomic mass is 10.1. The summed E-state index contributed by atoms with van der Waals surface area (Å²) in [5, 5.41) is 2.06. The van der Waals surface area contributed by atoms with Gasteiger partial charge in [0.15, 0.2) is 0 Å². The quantitative estimate of drug-likeness (QED) is 0.860. The minimum Gasteiger partial charge on any atom is -0.319 e. The van der Waals surface area contributed by atoms with Crippen molar-refractivity contribution in [3.8, 4) is 0 Å². The first-order valence-corrected chi connectivity index (χ1v) is 7.20. The summed E-state index contributed by atoms with van der Waals surface area (Å²) < 4.78 is 1.68. The number of hydrogen-bond donors (Lipinski definition) is 1. The molecule has 0 radical (unpaired) electrons. The summed E-state index contributed by atoms with van der Waals surface area (Å²) in [5.74, 6) is 0. The highest BCUT2D eigenvalue weighted by Crippen LogP contribution is 2.38. The van der Waals surface area contributed by atoms with Crippen molar-refractivity contribution < 1.29 is 0 Å². The van der Waals surface area contributed by atoms with Crippen molar-refractivity contribution in [2.45, 2.75) is 13.0 Å². The molecule has 2 N–H and O–H groups in total. The Labute approximate surface area is 110 Å². The second kappa shape index (κ2) is 4.55. The molecule has 0 bridgehead atoms. The van der Waals surface area contributed by atoms with Crippen LogP contribution in [-0.2, 0) is 0 Å². The number of rotatable bonds is 2. The van der Waals surface area contributed by atoms with Crippen LogP contribution >= 0.6 is 50.2 Å². The van der Waals surface area contributed by atoms with Crippen LogP contribution in [0.15, 0.2) is 22.0 Å². The summed E-state index contributed by atoms with van der Waals surface area (Å²) in [7, 11) is 0. The fourth-order valence-corrected chi connectivity index (χ4v) is 4.12. The lowest BCUT2D eigenvalue weighted by molar-refractivity contribution is 0.907. The number of aryl methyl sites for hydroxylation is 1. The van der Waals surface area contributed by atoms with E-state index in [4.69, 9.17) is 17.3 Å². The molecule has 0 amide bonds. The largest absolute Gasteiger partial charge is 0.319 e. The molecule has 80 valence electrons. The van der Waals surface area contributed by atoms with Crippen molar-refractivity contribution in [3.63, 3.8) is 0 Å². The van der Waals surface area contributed by atoms with Gasteiger partial charge in [-0.1, -0.05) is 11.6 Å². The second-order valence-electron chi connectivity index (χ2n) is 3.22. The van der Waals surface area contributed by atoms with Gasteiger partial charge in [0, 0.05) is 14.2 Å². The van der Waals surface area contributed by atoms with Crippen LogP contribution in [-0.4, -0.2) is 0 Å². The zero-order valence-corrected chi connectivity index (χ0v) is 11.9. The third-order valence-electron chi connectivity index (χ3n) is 2.15. The highest BCUT2D eigenvalue weighted by atomic mass is 79.9. The lowest BCUT2D eigenvalue weighted by Crippen LogP contribution is -2.09. The highest BCUT2D eigenvalue weighted by molar-refractivity contribution is 9.10. The standard InChI is InChI=1S/C10H9BrClNS2/c1-5-2-3-14-9(5)8(13)7-4-6(11)10(12)15-7/h2-4,8H,13H2,1H3. The van der Waals surface area contributed by atoms with Crippen LogP contribution in [0.2, 0.25) is 4.34 Å². The van der Waals surface area contributed by atoms with Crippen LogP contribution in [0, 0.1) is 6.92 Å². The van der Waals surface area contributed by atoms with E-state index in [-0.39, 0.29) is 6.04 Å². The van der Waals surface area contributed by atoms with Crippen molar-refractivity contribution in [2.75, 3.05) is 0 Å². The summed E-state index contributed by atoms with van der Waals surface area (Å²) in [6.45, 7) is 2.08. The van der Waals surface area contributed by atoms with Gasteiger partial charge in [-0.2, -0.15) is 0 Å². The third kappa shape index (κ3) is 2.29. The average molecular weight is 323 g/mol. The molecule has 15 heavy (non-hydrogen) atoms. The van der Waals surface area contributed by atoms with E-state index in [9.17, 15) is 0 Å². The molecule has 0 saturated heterocycles. The first-order valence-electron chi connectivity index (χ1n) is 4.34. The molecule has 0 aliphatic rings. The maximum Gasteiger partial charge on any atom is 0.107 e. The molecule has 2 aromatic heterocycles. The van der Waals surface area contributed by atoms with E-state index in [1.165, 1.54) is 21.8 Å². The average Bonchev–Trinajstić information content (AvgIpc) is 2.74. The van der Waals surface area contributed by atoms with Gasteiger partial charge in [-0.25, -0.2) is 0 Å². The van der Waals surface area contributed by atoms with Crippen molar-refractivity contribution in [3.05, 3.63) is 41.6 Å². The van der Waals surface area contributed by atoms with E-state index in [2.05, 4.69) is 34.3 Å². The molecule has 2 rings (SSSR count). The van der Waals surface area contributed by atoms with Crippen LogP contribution in [0.4, 0.5) is 0 Å². The van der Waals surface area contributed by atoms with Gasteiger partial charge in [-0.05, 0) is 45.9 Å². The molecule has 2 heterocycles. The lowest BCUT2D eigenvalue weighted by Gasteiger charge is -2.07. The fourth-order valence-electron chi connectivity index (χ4n) is 1.35. The van der Waals surface area contributed by atoms with Gasteiger partial charge in [-0.3, -0.25) is 0 Å². The Morgan fingerprint density at radius 1 is 1.53 bits per heavy atom. The van der Waals surface area contributed by atoms with E-state index in [0.29, 0.717) is 0 Å². The summed E-state index contributed by atoms with van der Waals surface area (Å²) in [4.78, 5) is 2.30. The fraction of sp³-hybridized carbons (Fsp3) is 0.200. The van der Waals surface area contributed by atoms with E-state index in [1.807, 2.05) is 6.07 Å². The summed E-state index contributed by atoms with van der Waals surface area (Å²) in [6.07, 6.45) is 0. The molecule has 1 unspecified atom stereocenters. The second-order valence-corrected chi connectivity index (χ2v) is 6.70.